The van der Waals surface area contributed by atoms with Crippen molar-refractivity contribution < 1.29 is 43.9 Å². The van der Waals surface area contributed by atoms with E-state index in [4.69, 9.17) is 29.5 Å². The average Bonchev–Trinajstić information content (AvgIpc) is 3.75. The molecule has 0 aromatic heterocycles. The number of aliphatic hydroxyl groups excluding tert-OH is 3. The zero-order chi connectivity index (χ0) is 38.3. The Morgan fingerprint density at radius 1 is 0.660 bits per heavy atom. The molecule has 0 saturated heterocycles. The van der Waals surface area contributed by atoms with Crippen molar-refractivity contribution in [1.29, 1.82) is 0 Å². The molecule has 0 radical (unpaired) electrons. The van der Waals surface area contributed by atoms with Crippen molar-refractivity contribution in [2.75, 3.05) is 39.6 Å². The second-order valence-corrected chi connectivity index (χ2v) is 17.3. The predicted octanol–water partition coefficient (Wildman–Crippen LogP) is 7.18. The molecule has 0 heterocycles. The fourth-order valence-corrected chi connectivity index (χ4v) is 5.42. The standard InChI is InChI=1S/C9H16O2.C8H14O2.C7H12O2.2C6H12O.C5H10O/c1-6(2)9(10)11-5-8-4-7(8)3;1-3-8(9)10-5-7-4-6(7)2;1-5-3-7(5)4-9-6(2)8;1-6(2)3-5(6)4-7;1-4-5(2)6(4)3-7;1-4-2-5(4)3-6/h6-8H,4-5H2,1-3H3;6-7H,3-5H2,1-2H3;5,7H,3-4H2,1-2H3;5,7H,3-4H2,1-2H3;4-7H,3H2,1-2H3;4-6H,2-3H2,1H3. The lowest BCUT2D eigenvalue weighted by molar-refractivity contribution is -0.148. The molecule has 0 aromatic carbocycles. The van der Waals surface area contributed by atoms with E-state index in [-0.39, 0.29) is 23.8 Å². The second-order valence-electron chi connectivity index (χ2n) is 17.3. The normalized spacial score (nSPS) is 35.0. The first kappa shape index (κ1) is 46.3. The first-order valence-corrected chi connectivity index (χ1v) is 19.6. The van der Waals surface area contributed by atoms with Gasteiger partial charge in [0.05, 0.1) is 25.7 Å². The highest BCUT2D eigenvalue weighted by molar-refractivity contribution is 5.71. The third-order valence-corrected chi connectivity index (χ3v) is 11.7. The Kier molecular flexibility index (Phi) is 20.7. The summed E-state index contributed by atoms with van der Waals surface area (Å²) in [7, 11) is 0. The summed E-state index contributed by atoms with van der Waals surface area (Å²) >= 11 is 0. The van der Waals surface area contributed by atoms with Crippen molar-refractivity contribution in [1.82, 2.24) is 0 Å². The molecule has 0 spiro atoms. The predicted molar refractivity (Wildman–Crippen MR) is 198 cm³/mol. The van der Waals surface area contributed by atoms with Gasteiger partial charge in [0.2, 0.25) is 0 Å². The summed E-state index contributed by atoms with van der Waals surface area (Å²) in [5.41, 5.74) is 0.467. The van der Waals surface area contributed by atoms with Crippen molar-refractivity contribution >= 4 is 17.9 Å². The third kappa shape index (κ3) is 20.4. The molecule has 6 aliphatic rings. The van der Waals surface area contributed by atoms with Gasteiger partial charge in [-0.2, -0.15) is 0 Å². The SMILES string of the molecule is CC(=O)OCC1CC1C.CC(C)C(=O)OCC1CC1C.CC1(C)CC1CO.CC1C(C)C1CO.CC1CC1CO.CCC(=O)OCC1CC1C. The third-order valence-electron chi connectivity index (χ3n) is 11.7. The quantitative estimate of drug-likeness (QED) is 0.150. The Hall–Kier alpha value is -1.71. The molecule has 9 nitrogen and oxygen atoms in total. The van der Waals surface area contributed by atoms with Gasteiger partial charge in [0, 0.05) is 33.2 Å². The number of esters is 3. The Balaban J connectivity index is 0.000000303. The molecule has 0 aliphatic heterocycles. The van der Waals surface area contributed by atoms with Crippen LogP contribution in [0.3, 0.4) is 0 Å². The lowest BCUT2D eigenvalue weighted by atomic mass is 10.1. The maximum absolute atomic E-state index is 11.0. The van der Waals surface area contributed by atoms with Gasteiger partial charge >= 0.3 is 17.9 Å². The maximum Gasteiger partial charge on any atom is 0.308 e. The zero-order valence-corrected chi connectivity index (χ0v) is 33.8. The molecule has 11 unspecified atom stereocenters. The number of hydrogen-bond acceptors (Lipinski definition) is 9. The fourth-order valence-electron chi connectivity index (χ4n) is 5.42. The molecule has 6 saturated carbocycles. The van der Waals surface area contributed by atoms with Crippen molar-refractivity contribution in [3.8, 4) is 0 Å². The summed E-state index contributed by atoms with van der Waals surface area (Å²) in [6.45, 7) is 27.5. The van der Waals surface area contributed by atoms with E-state index in [0.717, 1.165) is 35.5 Å². The highest BCUT2D eigenvalue weighted by Crippen LogP contribution is 2.51. The number of carbonyl (C=O) groups is 3. The molecular formula is C41H76O9. The van der Waals surface area contributed by atoms with E-state index in [1.165, 1.54) is 39.0 Å². The Morgan fingerprint density at radius 3 is 1.22 bits per heavy atom. The number of aliphatic hydroxyl groups is 3. The van der Waals surface area contributed by atoms with E-state index in [0.29, 0.717) is 87.0 Å². The molecule has 0 bridgehead atoms. The minimum absolute atomic E-state index is 0.0176. The first-order valence-electron chi connectivity index (χ1n) is 19.6. The summed E-state index contributed by atoms with van der Waals surface area (Å²) < 4.78 is 14.8. The lowest BCUT2D eigenvalue weighted by Crippen LogP contribution is -2.13. The molecular weight excluding hydrogens is 636 g/mol. The van der Waals surface area contributed by atoms with Gasteiger partial charge in [0.1, 0.15) is 0 Å². The second kappa shape index (κ2) is 22.4. The van der Waals surface area contributed by atoms with Crippen LogP contribution < -0.4 is 0 Å². The van der Waals surface area contributed by atoms with E-state index in [1.54, 1.807) is 0 Å². The smallest absolute Gasteiger partial charge is 0.308 e. The van der Waals surface area contributed by atoms with E-state index < -0.39 is 0 Å². The van der Waals surface area contributed by atoms with Crippen LogP contribution in [-0.2, 0) is 28.6 Å². The summed E-state index contributed by atoms with van der Waals surface area (Å²) in [4.78, 5) is 31.8. The fraction of sp³-hybridized carbons (Fsp3) is 0.927. The van der Waals surface area contributed by atoms with E-state index in [9.17, 15) is 14.4 Å². The lowest BCUT2D eigenvalue weighted by Gasteiger charge is -2.05. The van der Waals surface area contributed by atoms with Crippen LogP contribution in [0, 0.1) is 82.3 Å². The summed E-state index contributed by atoms with van der Waals surface area (Å²) in [5.74, 6) is 8.30. The summed E-state index contributed by atoms with van der Waals surface area (Å²) in [6, 6.07) is 0. The minimum Gasteiger partial charge on any atom is -0.466 e. The van der Waals surface area contributed by atoms with Crippen molar-refractivity contribution in [2.45, 2.75) is 122 Å². The van der Waals surface area contributed by atoms with Gasteiger partial charge in [-0.3, -0.25) is 14.4 Å². The average molecular weight is 713 g/mol. The molecule has 6 rings (SSSR count). The van der Waals surface area contributed by atoms with Crippen LogP contribution in [0.15, 0.2) is 0 Å². The molecule has 0 aromatic rings. The van der Waals surface area contributed by atoms with Crippen molar-refractivity contribution in [3.05, 3.63) is 0 Å². The Bertz CT molecular complexity index is 985. The monoisotopic (exact) mass is 713 g/mol. The topological polar surface area (TPSA) is 140 Å². The number of rotatable bonds is 11. The number of hydrogen-bond donors (Lipinski definition) is 3. The van der Waals surface area contributed by atoms with E-state index >= 15 is 0 Å². The molecule has 11 atom stereocenters. The van der Waals surface area contributed by atoms with Gasteiger partial charge in [-0.25, -0.2) is 0 Å². The van der Waals surface area contributed by atoms with Crippen LogP contribution in [-0.4, -0.2) is 72.9 Å². The summed E-state index contributed by atoms with van der Waals surface area (Å²) in [6.07, 6.45) is 6.65. The van der Waals surface area contributed by atoms with E-state index in [2.05, 4.69) is 55.4 Å². The van der Waals surface area contributed by atoms with Gasteiger partial charge in [0.25, 0.3) is 0 Å². The zero-order valence-electron chi connectivity index (χ0n) is 33.8. The largest absolute Gasteiger partial charge is 0.466 e. The Labute approximate surface area is 305 Å². The van der Waals surface area contributed by atoms with Crippen LogP contribution in [0.5, 0.6) is 0 Å². The van der Waals surface area contributed by atoms with E-state index in [1.807, 2.05) is 20.8 Å². The molecule has 6 fully saturated rings. The minimum atomic E-state index is -0.158. The maximum atomic E-state index is 11.0. The molecule has 0 amide bonds. The molecule has 3 N–H and O–H groups in total. The van der Waals surface area contributed by atoms with Crippen LogP contribution in [0.4, 0.5) is 0 Å². The van der Waals surface area contributed by atoms with Crippen LogP contribution in [0.2, 0.25) is 0 Å². The summed E-state index contributed by atoms with van der Waals surface area (Å²) in [5, 5.41) is 25.5. The van der Waals surface area contributed by atoms with Gasteiger partial charge in [-0.15, -0.1) is 0 Å². The van der Waals surface area contributed by atoms with Crippen LogP contribution in [0.1, 0.15) is 122 Å². The molecule has 6 aliphatic carbocycles. The molecule has 50 heavy (non-hydrogen) atoms. The molecule has 294 valence electrons. The highest BCUT2D eigenvalue weighted by atomic mass is 16.5. The van der Waals surface area contributed by atoms with Crippen molar-refractivity contribution in [3.63, 3.8) is 0 Å². The van der Waals surface area contributed by atoms with Gasteiger partial charge in [-0.1, -0.05) is 76.2 Å². The highest BCUT2D eigenvalue weighted by Gasteiger charge is 2.44. The Morgan fingerprint density at radius 2 is 1.04 bits per heavy atom. The van der Waals surface area contributed by atoms with Crippen LogP contribution in [0.25, 0.3) is 0 Å². The van der Waals surface area contributed by atoms with Crippen molar-refractivity contribution in [2.24, 2.45) is 82.3 Å². The molecule has 9 heteroatoms. The number of ether oxygens (including phenoxy) is 3. The van der Waals surface area contributed by atoms with Gasteiger partial charge in [0.15, 0.2) is 0 Å². The van der Waals surface area contributed by atoms with Gasteiger partial charge in [-0.05, 0) is 109 Å². The number of carbonyl (C=O) groups excluding carboxylic acids is 3. The first-order chi connectivity index (χ1) is 23.3. The van der Waals surface area contributed by atoms with Gasteiger partial charge < -0.3 is 29.5 Å². The van der Waals surface area contributed by atoms with Crippen LogP contribution >= 0.6 is 0 Å².